The Bertz CT molecular complexity index is 1200. The summed E-state index contributed by atoms with van der Waals surface area (Å²) < 4.78 is 118. The van der Waals surface area contributed by atoms with E-state index in [1.54, 1.807) is 0 Å². The van der Waals surface area contributed by atoms with Crippen LogP contribution in [0, 0.1) is 11.2 Å². The minimum absolute atomic E-state index is 0.0436. The summed E-state index contributed by atoms with van der Waals surface area (Å²) in [5, 5.41) is 2.21. The highest BCUT2D eigenvalue weighted by molar-refractivity contribution is 6.03. The predicted molar refractivity (Wildman–Crippen MR) is 124 cm³/mol. The molecule has 2 heterocycles. The summed E-state index contributed by atoms with van der Waals surface area (Å²) in [5.74, 6) is -9.31. The first kappa shape index (κ1) is 28.9. The molecule has 3 aliphatic rings. The van der Waals surface area contributed by atoms with Gasteiger partial charge in [0, 0.05) is 49.5 Å². The molecule has 2 saturated carbocycles. The number of hydrogen-bond acceptors (Lipinski definition) is 5. The van der Waals surface area contributed by atoms with Gasteiger partial charge in [-0.1, -0.05) is 13.8 Å². The van der Waals surface area contributed by atoms with Gasteiger partial charge in [0.25, 0.3) is 17.8 Å². The molecule has 6 nitrogen and oxygen atoms in total. The Kier molecular flexibility index (Phi) is 7.54. The van der Waals surface area contributed by atoms with Gasteiger partial charge in [0.15, 0.2) is 23.4 Å². The molecule has 1 spiro atoms. The molecule has 0 bridgehead atoms. The van der Waals surface area contributed by atoms with Crippen molar-refractivity contribution in [1.82, 2.24) is 4.98 Å². The number of rotatable bonds is 6. The first-order chi connectivity index (χ1) is 18.1. The normalized spacial score (nSPS) is 22.4. The second-order valence-electron chi connectivity index (χ2n) is 9.98. The number of nitrogens with zero attached hydrogens (tertiary/aromatic N) is 2. The Hall–Kier alpha value is -3.06. The Morgan fingerprint density at radius 3 is 2.38 bits per heavy atom. The van der Waals surface area contributed by atoms with E-state index < -0.39 is 64.9 Å². The van der Waals surface area contributed by atoms with Crippen LogP contribution < -0.4 is 15.0 Å². The Labute approximate surface area is 218 Å². The first-order valence-corrected chi connectivity index (χ1v) is 12.5. The number of ether oxygens (including phenoxy) is 1. The van der Waals surface area contributed by atoms with Crippen molar-refractivity contribution in [3.05, 3.63) is 35.5 Å². The van der Waals surface area contributed by atoms with Crippen LogP contribution in [0.25, 0.3) is 0 Å². The van der Waals surface area contributed by atoms with Crippen molar-refractivity contribution in [2.75, 3.05) is 23.3 Å². The van der Waals surface area contributed by atoms with Gasteiger partial charge >= 0.3 is 6.18 Å². The van der Waals surface area contributed by atoms with Crippen molar-refractivity contribution in [2.45, 2.75) is 76.5 Å². The number of alkyl halides is 7. The third-order valence-electron chi connectivity index (χ3n) is 6.76. The molecule has 1 amide bonds. The van der Waals surface area contributed by atoms with Crippen molar-refractivity contribution < 1.29 is 49.1 Å². The minimum atomic E-state index is -4.74. The highest BCUT2D eigenvalue weighted by Gasteiger charge is 2.62. The minimum Gasteiger partial charge on any atom is -0.481 e. The zero-order chi connectivity index (χ0) is 28.8. The number of halogens is 8. The van der Waals surface area contributed by atoms with Gasteiger partial charge in [-0.2, -0.15) is 18.2 Å². The maximum absolute atomic E-state index is 14.5. The maximum Gasteiger partial charge on any atom is 0.396 e. The van der Waals surface area contributed by atoms with Crippen LogP contribution in [-0.2, 0) is 6.42 Å². The average molecular weight is 569 g/mol. The first-order valence-electron chi connectivity index (χ1n) is 12.5. The van der Waals surface area contributed by atoms with Crippen molar-refractivity contribution >= 4 is 17.6 Å². The van der Waals surface area contributed by atoms with E-state index in [1.807, 2.05) is 13.8 Å². The van der Waals surface area contributed by atoms with Crippen molar-refractivity contribution in [3.63, 3.8) is 0 Å². The lowest BCUT2D eigenvalue weighted by Crippen LogP contribution is -2.66. The largest absolute Gasteiger partial charge is 0.481 e. The van der Waals surface area contributed by atoms with Gasteiger partial charge in [-0.3, -0.25) is 4.79 Å². The number of aromatic nitrogens is 1. The molecule has 2 aliphatic carbocycles. The number of amides is 1. The molecular formula is C25H27F8N3O3. The van der Waals surface area contributed by atoms with E-state index in [9.17, 15) is 39.9 Å². The molecular weight excluding hydrogens is 542 g/mol. The van der Waals surface area contributed by atoms with Gasteiger partial charge in [0.2, 0.25) is 5.92 Å². The molecule has 1 saturated heterocycles. The standard InChI is InChI=1S/C23H21F8N3O3.C2H6/c24-13-6-12(3-4-14(13)36-16-2-1-5-22(16,27)28)32-18(35)17-15(7-23(29,30)31)37-19(33-17)34-10-20(11-34)8-21(25,26)9-20;1-2/h3-4,6,16H,1-2,5,7-11H2,(H,32,35);1-2H3. The molecule has 5 rings (SSSR count). The summed E-state index contributed by atoms with van der Waals surface area (Å²) in [4.78, 5) is 18.0. The maximum atomic E-state index is 14.5. The third kappa shape index (κ3) is 6.24. The molecule has 1 unspecified atom stereocenters. The van der Waals surface area contributed by atoms with E-state index in [4.69, 9.17) is 9.15 Å². The number of benzene rings is 1. The van der Waals surface area contributed by atoms with E-state index in [2.05, 4.69) is 10.3 Å². The van der Waals surface area contributed by atoms with E-state index in [1.165, 1.54) is 4.90 Å². The number of hydrogen-bond donors (Lipinski definition) is 1. The highest BCUT2D eigenvalue weighted by Crippen LogP contribution is 2.57. The topological polar surface area (TPSA) is 67.6 Å². The quantitative estimate of drug-likeness (QED) is 0.380. The zero-order valence-electron chi connectivity index (χ0n) is 21.1. The number of carbonyl (C=O) groups excluding carboxylic acids is 1. The molecule has 14 heteroatoms. The molecule has 1 aromatic heterocycles. The van der Waals surface area contributed by atoms with E-state index in [0.717, 1.165) is 18.2 Å². The van der Waals surface area contributed by atoms with Crippen LogP contribution in [0.5, 0.6) is 5.75 Å². The number of nitrogens with one attached hydrogen (secondary N) is 1. The molecule has 3 fully saturated rings. The van der Waals surface area contributed by atoms with Gasteiger partial charge in [-0.25, -0.2) is 22.0 Å². The van der Waals surface area contributed by atoms with Gasteiger partial charge in [0.05, 0.1) is 0 Å². The predicted octanol–water partition coefficient (Wildman–Crippen LogP) is 7.00. The summed E-state index contributed by atoms with van der Waals surface area (Å²) >= 11 is 0. The van der Waals surface area contributed by atoms with Crippen molar-refractivity contribution in [3.8, 4) is 5.75 Å². The van der Waals surface area contributed by atoms with Crippen LogP contribution in [-0.4, -0.2) is 48.1 Å². The summed E-state index contributed by atoms with van der Waals surface area (Å²) in [6.07, 6.45) is -8.65. The SMILES string of the molecule is CC.O=C(Nc1ccc(OC2CCCC2(F)F)c(F)c1)c1nc(N2CC3(C2)CC(F)(F)C3)oc1CC(F)(F)F. The van der Waals surface area contributed by atoms with Crippen LogP contribution in [0.3, 0.4) is 0 Å². The number of oxazole rings is 1. The summed E-state index contributed by atoms with van der Waals surface area (Å²) in [7, 11) is 0. The second-order valence-corrected chi connectivity index (χ2v) is 9.98. The third-order valence-corrected chi connectivity index (χ3v) is 6.76. The van der Waals surface area contributed by atoms with Crippen LogP contribution in [0.4, 0.5) is 46.8 Å². The van der Waals surface area contributed by atoms with Gasteiger partial charge in [-0.05, 0) is 25.0 Å². The van der Waals surface area contributed by atoms with Crippen LogP contribution in [0.1, 0.15) is 62.2 Å². The van der Waals surface area contributed by atoms with Crippen molar-refractivity contribution in [2.24, 2.45) is 5.41 Å². The Balaban J connectivity index is 0.00000172. The Morgan fingerprint density at radius 2 is 1.85 bits per heavy atom. The lowest BCUT2D eigenvalue weighted by atomic mass is 9.61. The van der Waals surface area contributed by atoms with E-state index in [0.29, 0.717) is 0 Å². The molecule has 1 aliphatic heterocycles. The van der Waals surface area contributed by atoms with E-state index >= 15 is 0 Å². The average Bonchev–Trinajstić information content (AvgIpc) is 3.34. The molecule has 1 aromatic carbocycles. The Morgan fingerprint density at radius 1 is 1.18 bits per heavy atom. The van der Waals surface area contributed by atoms with Crippen LogP contribution in [0.2, 0.25) is 0 Å². The van der Waals surface area contributed by atoms with Gasteiger partial charge in [0.1, 0.15) is 12.2 Å². The monoisotopic (exact) mass is 569 g/mol. The molecule has 1 atom stereocenters. The smallest absolute Gasteiger partial charge is 0.396 e. The molecule has 2 aromatic rings. The van der Waals surface area contributed by atoms with Gasteiger partial charge in [-0.15, -0.1) is 0 Å². The fourth-order valence-corrected chi connectivity index (χ4v) is 5.18. The summed E-state index contributed by atoms with van der Waals surface area (Å²) in [5.41, 5.74) is -1.54. The van der Waals surface area contributed by atoms with Crippen LogP contribution >= 0.6 is 0 Å². The molecule has 39 heavy (non-hydrogen) atoms. The molecule has 216 valence electrons. The molecule has 0 radical (unpaired) electrons. The van der Waals surface area contributed by atoms with Crippen molar-refractivity contribution in [1.29, 1.82) is 0 Å². The zero-order valence-corrected chi connectivity index (χ0v) is 21.1. The second kappa shape index (κ2) is 10.2. The lowest BCUT2D eigenvalue weighted by molar-refractivity contribution is -0.171. The molecule has 1 N–H and O–H groups in total. The fraction of sp³-hybridized carbons (Fsp3) is 0.600. The summed E-state index contributed by atoms with van der Waals surface area (Å²) in [6.45, 7) is 4.20. The number of carbonyl (C=O) groups is 1. The van der Waals surface area contributed by atoms with Crippen LogP contribution in [0.15, 0.2) is 22.6 Å². The van der Waals surface area contributed by atoms with E-state index in [-0.39, 0.29) is 56.9 Å². The lowest BCUT2D eigenvalue weighted by Gasteiger charge is -2.58. The fourth-order valence-electron chi connectivity index (χ4n) is 5.18. The van der Waals surface area contributed by atoms with Gasteiger partial charge < -0.3 is 19.4 Å². The highest BCUT2D eigenvalue weighted by atomic mass is 19.4. The number of anilines is 2. The summed E-state index contributed by atoms with van der Waals surface area (Å²) in [6, 6.07) is 2.64.